The summed E-state index contributed by atoms with van der Waals surface area (Å²) in [5.74, 6) is 0. The molecule has 7 heteroatoms. The maximum atomic E-state index is 11.3. The molecule has 0 unspecified atom stereocenters. The number of benzene rings is 1. The lowest BCUT2D eigenvalue weighted by atomic mass is 10.2. The Balaban J connectivity index is 2.77. The third-order valence-corrected chi connectivity index (χ3v) is 3.11. The highest BCUT2D eigenvalue weighted by molar-refractivity contribution is 7.90. The van der Waals surface area contributed by atoms with Crippen molar-refractivity contribution in [2.24, 2.45) is 10.8 Å². The summed E-state index contributed by atoms with van der Waals surface area (Å²) in [7, 11) is -3.19. The average molecular weight is 283 g/mol. The van der Waals surface area contributed by atoms with Crippen LogP contribution in [0.3, 0.4) is 0 Å². The van der Waals surface area contributed by atoms with Gasteiger partial charge in [0.05, 0.1) is 4.90 Å². The van der Waals surface area contributed by atoms with Crippen LogP contribution in [0.2, 0.25) is 0 Å². The van der Waals surface area contributed by atoms with Crippen LogP contribution in [0, 0.1) is 0 Å². The highest BCUT2D eigenvalue weighted by atomic mass is 32.2. The Morgan fingerprint density at radius 3 is 2.83 bits per heavy atom. The molecular formula is C11H13N3O2S2. The molecule has 0 bridgehead atoms. The zero-order valence-corrected chi connectivity index (χ0v) is 11.3. The second-order valence-corrected chi connectivity index (χ2v) is 5.91. The first-order valence-electron chi connectivity index (χ1n) is 4.95. The third-order valence-electron chi connectivity index (χ3n) is 1.91. The molecule has 0 aliphatic rings. The van der Waals surface area contributed by atoms with Crippen LogP contribution < -0.4 is 11.2 Å². The Bertz CT molecular complexity index is 592. The van der Waals surface area contributed by atoms with Crippen LogP contribution >= 0.6 is 12.2 Å². The molecule has 0 atom stereocenters. The molecule has 0 saturated carbocycles. The summed E-state index contributed by atoms with van der Waals surface area (Å²) in [4.78, 5) is 0.280. The van der Waals surface area contributed by atoms with Crippen LogP contribution in [0.5, 0.6) is 0 Å². The molecule has 0 aliphatic heterocycles. The van der Waals surface area contributed by atoms with Gasteiger partial charge in [-0.15, -0.1) is 0 Å². The summed E-state index contributed by atoms with van der Waals surface area (Å²) < 4.78 is 22.7. The zero-order valence-electron chi connectivity index (χ0n) is 9.70. The van der Waals surface area contributed by atoms with Gasteiger partial charge in [-0.05, 0) is 36.0 Å². The average Bonchev–Trinajstić information content (AvgIpc) is 2.27. The molecule has 1 rings (SSSR count). The molecule has 0 aliphatic carbocycles. The number of hydrazone groups is 1. The van der Waals surface area contributed by atoms with Gasteiger partial charge in [-0.2, -0.15) is 5.10 Å². The Kier molecular flexibility index (Phi) is 4.99. The summed E-state index contributed by atoms with van der Waals surface area (Å²) in [5.41, 5.74) is 8.33. The molecule has 0 radical (unpaired) electrons. The number of nitrogens with zero attached hydrogens (tertiary/aromatic N) is 1. The van der Waals surface area contributed by atoms with Crippen molar-refractivity contribution in [1.29, 1.82) is 0 Å². The molecule has 0 spiro atoms. The minimum Gasteiger partial charge on any atom is -0.375 e. The fourth-order valence-corrected chi connectivity index (χ4v) is 1.88. The van der Waals surface area contributed by atoms with Gasteiger partial charge in [0, 0.05) is 12.5 Å². The Hall–Kier alpha value is -1.73. The standard InChI is InChI=1S/C11H13N3O2S2/c1-18(15,16)10-6-2-4-9(8-10)5-3-7-13-14-11(12)17/h2-8H,1H3,(H3,12,14,17). The van der Waals surface area contributed by atoms with Gasteiger partial charge in [0.25, 0.3) is 0 Å². The van der Waals surface area contributed by atoms with Gasteiger partial charge < -0.3 is 5.73 Å². The SMILES string of the molecule is CS(=O)(=O)c1cccc(C=CC=NNC(N)=S)c1. The predicted octanol–water partition coefficient (Wildman–Crippen LogP) is 0.922. The van der Waals surface area contributed by atoms with Crippen molar-refractivity contribution in [1.82, 2.24) is 5.43 Å². The van der Waals surface area contributed by atoms with Crippen LogP contribution in [0.4, 0.5) is 0 Å². The van der Waals surface area contributed by atoms with Gasteiger partial charge in [0.15, 0.2) is 14.9 Å². The van der Waals surface area contributed by atoms with Crippen molar-refractivity contribution in [2.45, 2.75) is 4.90 Å². The molecule has 18 heavy (non-hydrogen) atoms. The number of thiocarbonyl (C=S) groups is 1. The Morgan fingerprint density at radius 1 is 1.50 bits per heavy atom. The molecule has 3 N–H and O–H groups in total. The number of hydrogen-bond donors (Lipinski definition) is 2. The second-order valence-electron chi connectivity index (χ2n) is 3.46. The topological polar surface area (TPSA) is 84.5 Å². The Morgan fingerprint density at radius 2 is 2.22 bits per heavy atom. The molecule has 1 aromatic rings. The van der Waals surface area contributed by atoms with Gasteiger partial charge in [0.1, 0.15) is 0 Å². The predicted molar refractivity (Wildman–Crippen MR) is 77.0 cm³/mol. The minimum absolute atomic E-state index is 0.0822. The molecule has 0 heterocycles. The smallest absolute Gasteiger partial charge is 0.184 e. The lowest BCUT2D eigenvalue weighted by molar-refractivity contribution is 0.602. The fraction of sp³-hybridized carbons (Fsp3) is 0.0909. The summed E-state index contributed by atoms with van der Waals surface area (Å²) >= 11 is 4.56. The third kappa shape index (κ3) is 5.07. The lowest BCUT2D eigenvalue weighted by Gasteiger charge is -1.99. The normalized spacial score (nSPS) is 12.1. The number of sulfone groups is 1. The molecule has 0 fully saturated rings. The quantitative estimate of drug-likeness (QED) is 0.488. The van der Waals surface area contributed by atoms with Crippen molar-refractivity contribution < 1.29 is 8.42 Å². The fourth-order valence-electron chi connectivity index (χ4n) is 1.15. The maximum Gasteiger partial charge on any atom is 0.184 e. The van der Waals surface area contributed by atoms with E-state index in [9.17, 15) is 8.42 Å². The molecule has 5 nitrogen and oxygen atoms in total. The van der Waals surface area contributed by atoms with Crippen LogP contribution in [0.1, 0.15) is 5.56 Å². The summed E-state index contributed by atoms with van der Waals surface area (Å²) in [6.45, 7) is 0. The molecule has 0 aromatic heterocycles. The largest absolute Gasteiger partial charge is 0.375 e. The maximum absolute atomic E-state index is 11.3. The monoisotopic (exact) mass is 283 g/mol. The van der Waals surface area contributed by atoms with E-state index in [0.717, 1.165) is 5.56 Å². The zero-order chi connectivity index (χ0) is 13.6. The van der Waals surface area contributed by atoms with E-state index in [0.29, 0.717) is 0 Å². The van der Waals surface area contributed by atoms with E-state index in [4.69, 9.17) is 5.73 Å². The molecular weight excluding hydrogens is 270 g/mol. The van der Waals surface area contributed by atoms with Gasteiger partial charge >= 0.3 is 0 Å². The molecule has 0 amide bonds. The van der Waals surface area contributed by atoms with Crippen molar-refractivity contribution in [3.8, 4) is 0 Å². The summed E-state index contributed by atoms with van der Waals surface area (Å²) in [6.07, 6.45) is 6.00. The number of nitrogens with one attached hydrogen (secondary N) is 1. The summed E-state index contributed by atoms with van der Waals surface area (Å²) in [5, 5.41) is 3.79. The van der Waals surface area contributed by atoms with Crippen LogP contribution in [-0.4, -0.2) is 26.0 Å². The highest BCUT2D eigenvalue weighted by Gasteiger charge is 2.05. The van der Waals surface area contributed by atoms with Crippen molar-refractivity contribution >= 4 is 39.5 Å². The Labute approximate surface area is 111 Å². The van der Waals surface area contributed by atoms with E-state index >= 15 is 0 Å². The first kappa shape index (κ1) is 14.3. The number of nitrogens with two attached hydrogens (primary N) is 1. The van der Waals surface area contributed by atoms with E-state index in [1.807, 2.05) is 0 Å². The molecule has 1 aromatic carbocycles. The minimum atomic E-state index is -3.19. The van der Waals surface area contributed by atoms with Gasteiger partial charge in [-0.1, -0.05) is 18.2 Å². The van der Waals surface area contributed by atoms with E-state index in [2.05, 4.69) is 22.7 Å². The van der Waals surface area contributed by atoms with Gasteiger partial charge in [0.2, 0.25) is 0 Å². The first-order valence-corrected chi connectivity index (χ1v) is 7.25. The summed E-state index contributed by atoms with van der Waals surface area (Å²) in [6, 6.07) is 6.61. The van der Waals surface area contributed by atoms with E-state index in [-0.39, 0.29) is 10.0 Å². The van der Waals surface area contributed by atoms with Crippen LogP contribution in [0.15, 0.2) is 40.3 Å². The van der Waals surface area contributed by atoms with E-state index in [1.54, 1.807) is 36.4 Å². The van der Waals surface area contributed by atoms with Crippen LogP contribution in [-0.2, 0) is 9.84 Å². The van der Waals surface area contributed by atoms with Crippen molar-refractivity contribution in [3.63, 3.8) is 0 Å². The van der Waals surface area contributed by atoms with Crippen LogP contribution in [0.25, 0.3) is 6.08 Å². The highest BCUT2D eigenvalue weighted by Crippen LogP contribution is 2.12. The second kappa shape index (κ2) is 6.27. The lowest BCUT2D eigenvalue weighted by Crippen LogP contribution is -2.23. The van der Waals surface area contributed by atoms with Gasteiger partial charge in [-0.3, -0.25) is 5.43 Å². The van der Waals surface area contributed by atoms with Gasteiger partial charge in [-0.25, -0.2) is 8.42 Å². The number of hydrogen-bond acceptors (Lipinski definition) is 4. The van der Waals surface area contributed by atoms with Crippen molar-refractivity contribution in [2.75, 3.05) is 6.26 Å². The van der Waals surface area contributed by atoms with E-state index < -0.39 is 9.84 Å². The number of rotatable bonds is 4. The molecule has 0 saturated heterocycles. The van der Waals surface area contributed by atoms with E-state index in [1.165, 1.54) is 12.5 Å². The first-order chi connectivity index (χ1) is 8.39. The number of allylic oxidation sites excluding steroid dienone is 1. The van der Waals surface area contributed by atoms with Crippen molar-refractivity contribution in [3.05, 3.63) is 35.9 Å². The molecule has 96 valence electrons.